The van der Waals surface area contributed by atoms with Gasteiger partial charge in [0.1, 0.15) is 6.54 Å². The standard InChI is InChI=1S/C29H33N3O5/c1-18(2)30-26(34)23-11-12-24-22(15-23)13-14-29(24)27(35)32(28(36)37-29)17-25(33)31(19(3)21-9-10-21)16-20-7-5-4-6-8-20/h4-8,11-12,15,18-19,21H,9-10,13-14,16-17H2,1-3H3,(H,30,34)/t19-,29+/m0/s1. The predicted octanol–water partition coefficient (Wildman–Crippen LogP) is 3.77. The lowest BCUT2D eigenvalue weighted by Gasteiger charge is -2.30. The van der Waals surface area contributed by atoms with Gasteiger partial charge in [0.15, 0.2) is 0 Å². The number of hydrogen-bond donors (Lipinski definition) is 1. The van der Waals surface area contributed by atoms with E-state index < -0.39 is 17.6 Å². The lowest BCUT2D eigenvalue weighted by molar-refractivity contribution is -0.143. The van der Waals surface area contributed by atoms with E-state index in [-0.39, 0.29) is 30.4 Å². The summed E-state index contributed by atoms with van der Waals surface area (Å²) in [6.45, 7) is 5.87. The Balaban J connectivity index is 1.35. The summed E-state index contributed by atoms with van der Waals surface area (Å²) >= 11 is 0. The van der Waals surface area contributed by atoms with Crippen LogP contribution in [0, 0.1) is 5.92 Å². The summed E-state index contributed by atoms with van der Waals surface area (Å²) in [5, 5.41) is 2.86. The number of rotatable bonds is 8. The molecular weight excluding hydrogens is 470 g/mol. The molecule has 1 spiro atoms. The molecular formula is C29H33N3O5. The number of amides is 4. The van der Waals surface area contributed by atoms with Gasteiger partial charge in [-0.05, 0) is 69.2 Å². The molecule has 2 aliphatic carbocycles. The molecule has 0 bridgehead atoms. The number of hydrogen-bond acceptors (Lipinski definition) is 5. The van der Waals surface area contributed by atoms with Crippen LogP contribution >= 0.6 is 0 Å². The maximum atomic E-state index is 13.6. The summed E-state index contributed by atoms with van der Waals surface area (Å²) in [5.74, 6) is -0.541. The van der Waals surface area contributed by atoms with Crippen LogP contribution in [0.4, 0.5) is 4.79 Å². The van der Waals surface area contributed by atoms with Gasteiger partial charge in [0.25, 0.3) is 11.8 Å². The number of imide groups is 1. The topological polar surface area (TPSA) is 96.0 Å². The number of carbonyl (C=O) groups excluding carboxylic acids is 4. The van der Waals surface area contributed by atoms with E-state index in [1.165, 1.54) is 0 Å². The maximum Gasteiger partial charge on any atom is 0.418 e. The van der Waals surface area contributed by atoms with Crippen molar-refractivity contribution in [3.8, 4) is 0 Å². The lowest BCUT2D eigenvalue weighted by Crippen LogP contribution is -2.47. The van der Waals surface area contributed by atoms with Gasteiger partial charge in [-0.3, -0.25) is 14.4 Å². The van der Waals surface area contributed by atoms with Crippen molar-refractivity contribution >= 4 is 23.8 Å². The molecule has 0 unspecified atom stereocenters. The van der Waals surface area contributed by atoms with Crippen molar-refractivity contribution in [2.24, 2.45) is 5.92 Å². The van der Waals surface area contributed by atoms with Crippen molar-refractivity contribution in [3.63, 3.8) is 0 Å². The minimum atomic E-state index is -1.44. The van der Waals surface area contributed by atoms with Gasteiger partial charge in [-0.25, -0.2) is 9.69 Å². The van der Waals surface area contributed by atoms with Gasteiger partial charge in [0.05, 0.1) is 0 Å². The van der Waals surface area contributed by atoms with Gasteiger partial charge < -0.3 is 15.0 Å². The SMILES string of the molecule is CC(C)NC(=O)c1ccc2c(c1)CC[C@@]21OC(=O)N(CC(=O)N(Cc2ccccc2)[C@@H](C)C2CC2)C1=O. The third-order valence-corrected chi connectivity index (χ3v) is 7.65. The minimum absolute atomic E-state index is 0.000328. The summed E-state index contributed by atoms with van der Waals surface area (Å²) in [4.78, 5) is 55.2. The zero-order valence-corrected chi connectivity index (χ0v) is 21.5. The van der Waals surface area contributed by atoms with E-state index in [0.29, 0.717) is 36.4 Å². The molecule has 37 heavy (non-hydrogen) atoms. The third kappa shape index (κ3) is 4.72. The highest BCUT2D eigenvalue weighted by Gasteiger charge is 2.58. The van der Waals surface area contributed by atoms with Crippen LogP contribution < -0.4 is 5.32 Å². The molecule has 1 saturated carbocycles. The molecule has 1 heterocycles. The molecule has 194 valence electrons. The highest BCUT2D eigenvalue weighted by molar-refractivity contribution is 6.06. The van der Waals surface area contributed by atoms with Crippen molar-refractivity contribution in [1.82, 2.24) is 15.1 Å². The van der Waals surface area contributed by atoms with Crippen LogP contribution in [-0.4, -0.2) is 52.2 Å². The fraction of sp³-hybridized carbons (Fsp3) is 0.448. The summed E-state index contributed by atoms with van der Waals surface area (Å²) in [6.07, 6.45) is 2.13. The van der Waals surface area contributed by atoms with Gasteiger partial charge in [-0.2, -0.15) is 0 Å². The second-order valence-corrected chi connectivity index (χ2v) is 10.7. The van der Waals surface area contributed by atoms with E-state index in [1.54, 1.807) is 23.1 Å². The van der Waals surface area contributed by atoms with Crippen LogP contribution in [0.1, 0.15) is 67.1 Å². The van der Waals surface area contributed by atoms with Crippen molar-refractivity contribution in [3.05, 3.63) is 70.8 Å². The third-order valence-electron chi connectivity index (χ3n) is 7.65. The van der Waals surface area contributed by atoms with Crippen molar-refractivity contribution in [2.75, 3.05) is 6.54 Å². The highest BCUT2D eigenvalue weighted by Crippen LogP contribution is 2.45. The minimum Gasteiger partial charge on any atom is -0.427 e. The lowest BCUT2D eigenvalue weighted by atomic mass is 9.94. The van der Waals surface area contributed by atoms with E-state index in [2.05, 4.69) is 5.32 Å². The summed E-state index contributed by atoms with van der Waals surface area (Å²) in [6, 6.07) is 14.8. The number of nitrogens with zero attached hydrogens (tertiary/aromatic N) is 2. The number of carbonyl (C=O) groups is 4. The Morgan fingerprint density at radius 3 is 2.51 bits per heavy atom. The van der Waals surface area contributed by atoms with Gasteiger partial charge in [0.2, 0.25) is 11.5 Å². The molecule has 1 saturated heterocycles. The molecule has 0 aromatic heterocycles. The molecule has 4 amide bonds. The van der Waals surface area contributed by atoms with Crippen LogP contribution in [0.15, 0.2) is 48.5 Å². The average Bonchev–Trinajstić information content (AvgIpc) is 3.63. The molecule has 1 aliphatic heterocycles. The Hall–Kier alpha value is -3.68. The Labute approximate surface area is 217 Å². The second-order valence-electron chi connectivity index (χ2n) is 10.7. The normalized spacial score (nSPS) is 21.2. The number of benzene rings is 2. The molecule has 1 N–H and O–H groups in total. The summed E-state index contributed by atoms with van der Waals surface area (Å²) in [5.41, 5.74) is 1.45. The molecule has 3 aliphatic rings. The molecule has 2 fully saturated rings. The Morgan fingerprint density at radius 2 is 1.84 bits per heavy atom. The Kier molecular flexibility index (Phi) is 6.52. The number of fused-ring (bicyclic) bond motifs is 2. The van der Waals surface area contributed by atoms with Crippen LogP contribution in [0.2, 0.25) is 0 Å². The molecule has 8 nitrogen and oxygen atoms in total. The largest absolute Gasteiger partial charge is 0.427 e. The van der Waals surface area contributed by atoms with E-state index in [9.17, 15) is 19.2 Å². The highest BCUT2D eigenvalue weighted by atomic mass is 16.6. The van der Waals surface area contributed by atoms with Crippen molar-refractivity contribution < 1.29 is 23.9 Å². The summed E-state index contributed by atoms with van der Waals surface area (Å²) in [7, 11) is 0. The number of aryl methyl sites for hydroxylation is 1. The molecule has 2 aromatic carbocycles. The molecule has 8 heteroatoms. The Morgan fingerprint density at radius 1 is 1.11 bits per heavy atom. The first kappa shape index (κ1) is 25.0. The first-order valence-electron chi connectivity index (χ1n) is 13.0. The molecule has 2 aromatic rings. The first-order valence-corrected chi connectivity index (χ1v) is 13.0. The smallest absolute Gasteiger partial charge is 0.418 e. The molecule has 2 atom stereocenters. The zero-order chi connectivity index (χ0) is 26.3. The maximum absolute atomic E-state index is 13.6. The van der Waals surface area contributed by atoms with Gasteiger partial charge in [0, 0.05) is 36.2 Å². The average molecular weight is 504 g/mol. The van der Waals surface area contributed by atoms with Gasteiger partial charge >= 0.3 is 6.09 Å². The number of ether oxygens (including phenoxy) is 1. The van der Waals surface area contributed by atoms with Crippen LogP contribution in [-0.2, 0) is 32.9 Å². The van der Waals surface area contributed by atoms with Gasteiger partial charge in [-0.1, -0.05) is 36.4 Å². The van der Waals surface area contributed by atoms with E-state index >= 15 is 0 Å². The van der Waals surface area contributed by atoms with E-state index in [4.69, 9.17) is 4.74 Å². The van der Waals surface area contributed by atoms with Crippen LogP contribution in [0.5, 0.6) is 0 Å². The fourth-order valence-electron chi connectivity index (χ4n) is 5.44. The predicted molar refractivity (Wildman–Crippen MR) is 136 cm³/mol. The van der Waals surface area contributed by atoms with Crippen LogP contribution in [0.25, 0.3) is 0 Å². The summed E-state index contributed by atoms with van der Waals surface area (Å²) < 4.78 is 5.71. The van der Waals surface area contributed by atoms with Crippen molar-refractivity contribution in [1.29, 1.82) is 0 Å². The van der Waals surface area contributed by atoms with Crippen molar-refractivity contribution in [2.45, 2.75) is 70.7 Å². The fourth-order valence-corrected chi connectivity index (χ4v) is 5.44. The monoisotopic (exact) mass is 503 g/mol. The second kappa shape index (κ2) is 9.65. The molecule has 5 rings (SSSR count). The first-order chi connectivity index (χ1) is 17.7. The van der Waals surface area contributed by atoms with Crippen LogP contribution in [0.3, 0.4) is 0 Å². The molecule has 0 radical (unpaired) electrons. The van der Waals surface area contributed by atoms with Gasteiger partial charge in [-0.15, -0.1) is 0 Å². The number of nitrogens with one attached hydrogen (secondary N) is 1. The Bertz CT molecular complexity index is 1240. The van der Waals surface area contributed by atoms with E-state index in [1.807, 2.05) is 51.1 Å². The van der Waals surface area contributed by atoms with E-state index in [0.717, 1.165) is 28.9 Å². The zero-order valence-electron chi connectivity index (χ0n) is 21.5. The quantitative estimate of drug-likeness (QED) is 0.592.